The van der Waals surface area contributed by atoms with Gasteiger partial charge >= 0.3 is 0 Å². The maximum absolute atomic E-state index is 12.7. The maximum atomic E-state index is 12.7. The molecule has 21 heavy (non-hydrogen) atoms. The van der Waals surface area contributed by atoms with E-state index in [-0.39, 0.29) is 5.56 Å². The van der Waals surface area contributed by atoms with Crippen LogP contribution in [0.4, 0.5) is 0 Å². The standard InChI is InChI=1S/C17H26N2OS/c1-2-13-19-16(20)14-11-9-7-5-3-4-6-8-10-12-15(14)18-17(19)21/h2H,1,3-13H2,(H,18,21). The minimum absolute atomic E-state index is 0.0886. The Kier molecular flexibility index (Phi) is 6.43. The largest absolute Gasteiger partial charge is 0.335 e. The lowest BCUT2D eigenvalue weighted by atomic mass is 9.99. The van der Waals surface area contributed by atoms with E-state index in [9.17, 15) is 4.79 Å². The molecule has 3 nitrogen and oxygen atoms in total. The van der Waals surface area contributed by atoms with Crippen LogP contribution in [0.15, 0.2) is 17.4 Å². The van der Waals surface area contributed by atoms with Crippen molar-refractivity contribution in [2.75, 3.05) is 0 Å². The molecule has 0 aromatic carbocycles. The SMILES string of the molecule is C=CCn1c(=S)[nH]c2c(c1=O)CCCCCCCCCC2. The topological polar surface area (TPSA) is 37.8 Å². The van der Waals surface area contributed by atoms with Gasteiger partial charge in [0.2, 0.25) is 0 Å². The molecule has 0 saturated heterocycles. The summed E-state index contributed by atoms with van der Waals surface area (Å²) in [6.45, 7) is 4.20. The fourth-order valence-corrected chi connectivity index (χ4v) is 3.37. The van der Waals surface area contributed by atoms with Gasteiger partial charge in [-0.15, -0.1) is 6.58 Å². The van der Waals surface area contributed by atoms with E-state index in [0.29, 0.717) is 11.3 Å². The van der Waals surface area contributed by atoms with Crippen molar-refractivity contribution >= 4 is 12.2 Å². The smallest absolute Gasteiger partial charge is 0.258 e. The van der Waals surface area contributed by atoms with E-state index >= 15 is 0 Å². The van der Waals surface area contributed by atoms with Crippen molar-refractivity contribution in [3.05, 3.63) is 39.0 Å². The Balaban J connectivity index is 2.33. The number of aryl methyl sites for hydroxylation is 1. The predicted molar refractivity (Wildman–Crippen MR) is 90.4 cm³/mol. The van der Waals surface area contributed by atoms with Gasteiger partial charge in [-0.3, -0.25) is 9.36 Å². The van der Waals surface area contributed by atoms with Crippen molar-refractivity contribution in [1.29, 1.82) is 0 Å². The number of nitrogens with one attached hydrogen (secondary N) is 1. The number of hydrogen-bond acceptors (Lipinski definition) is 2. The van der Waals surface area contributed by atoms with Gasteiger partial charge in [0.15, 0.2) is 4.77 Å². The minimum atomic E-state index is 0.0886. The summed E-state index contributed by atoms with van der Waals surface area (Å²) in [6.07, 6.45) is 13.5. The van der Waals surface area contributed by atoms with Gasteiger partial charge in [0.1, 0.15) is 0 Å². The molecule has 1 aliphatic rings. The summed E-state index contributed by atoms with van der Waals surface area (Å²) in [5, 5.41) is 0. The molecule has 1 aromatic heterocycles. The number of hydrogen-bond donors (Lipinski definition) is 1. The zero-order valence-corrected chi connectivity index (χ0v) is 13.6. The van der Waals surface area contributed by atoms with E-state index in [4.69, 9.17) is 12.2 Å². The Labute approximate surface area is 132 Å². The van der Waals surface area contributed by atoms with Gasteiger partial charge in [-0.2, -0.15) is 0 Å². The van der Waals surface area contributed by atoms with E-state index in [2.05, 4.69) is 11.6 Å². The molecule has 0 bridgehead atoms. The van der Waals surface area contributed by atoms with Crippen molar-refractivity contribution in [1.82, 2.24) is 9.55 Å². The first-order valence-electron chi connectivity index (χ1n) is 8.20. The number of nitrogens with zero attached hydrogens (tertiary/aromatic N) is 1. The Morgan fingerprint density at radius 3 is 2.24 bits per heavy atom. The highest BCUT2D eigenvalue weighted by Crippen LogP contribution is 2.16. The van der Waals surface area contributed by atoms with Crippen LogP contribution in [0.2, 0.25) is 0 Å². The second kappa shape index (κ2) is 8.32. The lowest BCUT2D eigenvalue weighted by molar-refractivity contribution is 0.551. The van der Waals surface area contributed by atoms with Crippen LogP contribution < -0.4 is 5.56 Å². The lowest BCUT2D eigenvalue weighted by Crippen LogP contribution is -2.27. The summed E-state index contributed by atoms with van der Waals surface area (Å²) in [7, 11) is 0. The van der Waals surface area contributed by atoms with Crippen molar-refractivity contribution < 1.29 is 0 Å². The first-order chi connectivity index (χ1) is 10.2. The fraction of sp³-hybridized carbons (Fsp3) is 0.647. The molecule has 4 heteroatoms. The van der Waals surface area contributed by atoms with Crippen molar-refractivity contribution in [3.63, 3.8) is 0 Å². The Hall–Kier alpha value is -1.16. The number of aromatic amines is 1. The Morgan fingerprint density at radius 1 is 1.05 bits per heavy atom. The number of H-pyrrole nitrogens is 1. The molecular weight excluding hydrogens is 280 g/mol. The predicted octanol–water partition coefficient (Wildman–Crippen LogP) is 4.31. The highest BCUT2D eigenvalue weighted by molar-refractivity contribution is 7.71. The number of rotatable bonds is 2. The lowest BCUT2D eigenvalue weighted by Gasteiger charge is -2.14. The van der Waals surface area contributed by atoms with Crippen molar-refractivity contribution in [3.8, 4) is 0 Å². The van der Waals surface area contributed by atoms with Gasteiger partial charge in [0.25, 0.3) is 5.56 Å². The molecule has 0 atom stereocenters. The third-order valence-corrected chi connectivity index (χ3v) is 4.61. The summed E-state index contributed by atoms with van der Waals surface area (Å²) in [4.78, 5) is 16.0. The van der Waals surface area contributed by atoms with Crippen LogP contribution in [0.3, 0.4) is 0 Å². The normalized spacial score (nSPS) is 17.3. The van der Waals surface area contributed by atoms with E-state index in [1.54, 1.807) is 10.6 Å². The molecule has 0 aliphatic heterocycles. The molecule has 1 heterocycles. The molecule has 0 saturated carbocycles. The Bertz CT molecular complexity index is 585. The zero-order valence-electron chi connectivity index (χ0n) is 12.8. The number of fused-ring (bicyclic) bond motifs is 1. The van der Waals surface area contributed by atoms with Gasteiger partial charge in [0.05, 0.1) is 0 Å². The van der Waals surface area contributed by atoms with Gasteiger partial charge < -0.3 is 4.98 Å². The van der Waals surface area contributed by atoms with Crippen LogP contribution in [-0.4, -0.2) is 9.55 Å². The molecule has 0 fully saturated rings. The molecule has 0 radical (unpaired) electrons. The highest BCUT2D eigenvalue weighted by atomic mass is 32.1. The van der Waals surface area contributed by atoms with E-state index < -0.39 is 0 Å². The molecule has 0 spiro atoms. The number of allylic oxidation sites excluding steroid dienone is 1. The van der Waals surface area contributed by atoms with Crippen LogP contribution in [0.25, 0.3) is 0 Å². The average molecular weight is 306 g/mol. The van der Waals surface area contributed by atoms with E-state index in [0.717, 1.165) is 36.9 Å². The van der Waals surface area contributed by atoms with Gasteiger partial charge in [-0.1, -0.05) is 44.6 Å². The van der Waals surface area contributed by atoms with E-state index in [1.807, 2.05) is 0 Å². The highest BCUT2D eigenvalue weighted by Gasteiger charge is 2.12. The van der Waals surface area contributed by atoms with Crippen LogP contribution >= 0.6 is 12.2 Å². The molecule has 116 valence electrons. The fourth-order valence-electron chi connectivity index (χ4n) is 3.09. The molecular formula is C17H26N2OS. The summed E-state index contributed by atoms with van der Waals surface area (Å²) in [5.74, 6) is 0. The quantitative estimate of drug-likeness (QED) is 0.653. The Morgan fingerprint density at radius 2 is 1.62 bits per heavy atom. The summed E-state index contributed by atoms with van der Waals surface area (Å²) >= 11 is 5.34. The molecule has 2 rings (SSSR count). The second-order valence-electron chi connectivity index (χ2n) is 5.92. The monoisotopic (exact) mass is 306 g/mol. The van der Waals surface area contributed by atoms with Gasteiger partial charge in [-0.25, -0.2) is 0 Å². The van der Waals surface area contributed by atoms with Crippen LogP contribution in [0, 0.1) is 4.77 Å². The molecule has 0 amide bonds. The summed E-state index contributed by atoms with van der Waals surface area (Å²) in [5.41, 5.74) is 2.11. The number of aromatic nitrogens is 2. The van der Waals surface area contributed by atoms with Gasteiger partial charge in [0, 0.05) is 17.8 Å². The maximum Gasteiger partial charge on any atom is 0.258 e. The van der Waals surface area contributed by atoms with Crippen LogP contribution in [0.5, 0.6) is 0 Å². The minimum Gasteiger partial charge on any atom is -0.335 e. The summed E-state index contributed by atoms with van der Waals surface area (Å²) in [6, 6.07) is 0. The second-order valence-corrected chi connectivity index (χ2v) is 6.31. The third kappa shape index (κ3) is 4.40. The van der Waals surface area contributed by atoms with Crippen molar-refractivity contribution in [2.45, 2.75) is 70.8 Å². The zero-order chi connectivity index (χ0) is 15.1. The molecule has 1 aromatic rings. The van der Waals surface area contributed by atoms with E-state index in [1.165, 1.54) is 38.5 Å². The summed E-state index contributed by atoms with van der Waals surface area (Å²) < 4.78 is 2.17. The first-order valence-corrected chi connectivity index (χ1v) is 8.60. The van der Waals surface area contributed by atoms with Crippen molar-refractivity contribution in [2.24, 2.45) is 0 Å². The average Bonchev–Trinajstić information content (AvgIpc) is 2.45. The van der Waals surface area contributed by atoms with Crippen LogP contribution in [0.1, 0.15) is 62.6 Å². The van der Waals surface area contributed by atoms with Crippen LogP contribution in [-0.2, 0) is 19.4 Å². The molecule has 1 aliphatic carbocycles. The molecule has 1 N–H and O–H groups in total. The molecule has 0 unspecified atom stereocenters. The first kappa shape index (κ1) is 16.2. The third-order valence-electron chi connectivity index (χ3n) is 4.29. The van der Waals surface area contributed by atoms with Gasteiger partial charge in [-0.05, 0) is 37.9 Å².